The van der Waals surface area contributed by atoms with Gasteiger partial charge in [-0.05, 0) is 43.6 Å². The average molecular weight is 259 g/mol. The van der Waals surface area contributed by atoms with Gasteiger partial charge in [0.05, 0.1) is 0 Å². The fourth-order valence-electron chi connectivity index (χ4n) is 3.60. The quantitative estimate of drug-likeness (QED) is 0.898. The first-order valence-corrected chi connectivity index (χ1v) is 7.52. The van der Waals surface area contributed by atoms with Crippen molar-refractivity contribution < 1.29 is 0 Å². The minimum atomic E-state index is 0.227. The maximum atomic E-state index is 6.18. The van der Waals surface area contributed by atoms with E-state index < -0.39 is 0 Å². The highest BCUT2D eigenvalue weighted by Gasteiger charge is 2.40. The number of nitrogens with two attached hydrogens (primary N) is 1. The van der Waals surface area contributed by atoms with Crippen LogP contribution in [0.1, 0.15) is 30.9 Å². The molecule has 0 unspecified atom stereocenters. The number of hydrogen-bond donors (Lipinski definition) is 1. The molecule has 2 N–H and O–H groups in total. The summed E-state index contributed by atoms with van der Waals surface area (Å²) in [5.74, 6) is 0. The largest absolute Gasteiger partial charge is 0.329 e. The summed E-state index contributed by atoms with van der Waals surface area (Å²) >= 11 is 0. The lowest BCUT2D eigenvalue weighted by atomic mass is 9.85. The molecule has 104 valence electrons. The molecule has 0 radical (unpaired) electrons. The summed E-state index contributed by atoms with van der Waals surface area (Å²) in [7, 11) is 0. The van der Waals surface area contributed by atoms with Crippen LogP contribution in [0.5, 0.6) is 0 Å². The molecule has 3 rings (SSSR count). The minimum Gasteiger partial charge on any atom is -0.329 e. The van der Waals surface area contributed by atoms with E-state index in [4.69, 9.17) is 5.73 Å². The second kappa shape index (κ2) is 5.23. The van der Waals surface area contributed by atoms with Crippen molar-refractivity contribution in [1.82, 2.24) is 9.80 Å². The van der Waals surface area contributed by atoms with Crippen molar-refractivity contribution in [1.29, 1.82) is 0 Å². The van der Waals surface area contributed by atoms with Gasteiger partial charge >= 0.3 is 0 Å². The van der Waals surface area contributed by atoms with Crippen LogP contribution in [-0.2, 0) is 13.1 Å². The lowest BCUT2D eigenvalue weighted by molar-refractivity contribution is 0.0251. The van der Waals surface area contributed by atoms with Gasteiger partial charge in [0.2, 0.25) is 0 Å². The molecule has 3 nitrogen and oxygen atoms in total. The third kappa shape index (κ3) is 2.31. The lowest BCUT2D eigenvalue weighted by Gasteiger charge is -2.47. The van der Waals surface area contributed by atoms with Crippen LogP contribution in [0.3, 0.4) is 0 Å². The van der Waals surface area contributed by atoms with Crippen LogP contribution in [-0.4, -0.2) is 41.5 Å². The van der Waals surface area contributed by atoms with Gasteiger partial charge in [0.15, 0.2) is 0 Å². The lowest BCUT2D eigenvalue weighted by Crippen LogP contribution is -2.57. The molecule has 19 heavy (non-hydrogen) atoms. The Hall–Kier alpha value is -0.900. The van der Waals surface area contributed by atoms with Gasteiger partial charge < -0.3 is 10.6 Å². The number of piperidine rings is 1. The van der Waals surface area contributed by atoms with E-state index in [-0.39, 0.29) is 5.54 Å². The Morgan fingerprint density at radius 1 is 1.11 bits per heavy atom. The van der Waals surface area contributed by atoms with Crippen LogP contribution in [0.25, 0.3) is 0 Å². The molecule has 1 aromatic rings. The van der Waals surface area contributed by atoms with Gasteiger partial charge in [-0.15, -0.1) is 0 Å². The molecular weight excluding hydrogens is 234 g/mol. The van der Waals surface area contributed by atoms with Crippen LogP contribution in [0.4, 0.5) is 0 Å². The molecule has 2 heterocycles. The molecule has 0 bridgehead atoms. The van der Waals surface area contributed by atoms with Gasteiger partial charge in [-0.2, -0.15) is 0 Å². The maximum Gasteiger partial charge on any atom is 0.0363 e. The molecule has 2 aliphatic heterocycles. The molecule has 1 saturated heterocycles. The van der Waals surface area contributed by atoms with Crippen molar-refractivity contribution in [2.75, 3.05) is 26.2 Å². The fourth-order valence-corrected chi connectivity index (χ4v) is 3.60. The Balaban J connectivity index is 1.75. The Kier molecular flexibility index (Phi) is 3.61. The highest BCUT2D eigenvalue weighted by molar-refractivity contribution is 5.31. The zero-order valence-electron chi connectivity index (χ0n) is 11.9. The van der Waals surface area contributed by atoms with E-state index in [1.807, 2.05) is 0 Å². The molecule has 1 aromatic carbocycles. The van der Waals surface area contributed by atoms with E-state index in [1.165, 1.54) is 43.6 Å². The van der Waals surface area contributed by atoms with E-state index in [2.05, 4.69) is 41.0 Å². The predicted molar refractivity (Wildman–Crippen MR) is 78.8 cm³/mol. The number of benzene rings is 1. The average Bonchev–Trinajstić information content (AvgIpc) is 2.92. The van der Waals surface area contributed by atoms with Crippen LogP contribution < -0.4 is 5.73 Å². The highest BCUT2D eigenvalue weighted by atomic mass is 15.3. The van der Waals surface area contributed by atoms with Crippen molar-refractivity contribution in [3.05, 3.63) is 35.4 Å². The van der Waals surface area contributed by atoms with Crippen LogP contribution in [0.2, 0.25) is 0 Å². The molecule has 0 aliphatic carbocycles. The van der Waals surface area contributed by atoms with E-state index in [0.717, 1.165) is 19.6 Å². The Morgan fingerprint density at radius 3 is 2.16 bits per heavy atom. The summed E-state index contributed by atoms with van der Waals surface area (Å²) < 4.78 is 0. The first-order valence-electron chi connectivity index (χ1n) is 7.52. The number of rotatable bonds is 3. The summed E-state index contributed by atoms with van der Waals surface area (Å²) in [6.07, 6.45) is 2.43. The van der Waals surface area contributed by atoms with Crippen molar-refractivity contribution in [2.45, 2.75) is 38.4 Å². The molecule has 2 aliphatic rings. The van der Waals surface area contributed by atoms with E-state index in [0.29, 0.717) is 0 Å². The summed E-state index contributed by atoms with van der Waals surface area (Å²) in [5, 5.41) is 0. The number of nitrogens with zero attached hydrogens (tertiary/aromatic N) is 2. The van der Waals surface area contributed by atoms with Crippen LogP contribution in [0.15, 0.2) is 24.3 Å². The molecule has 0 saturated carbocycles. The van der Waals surface area contributed by atoms with E-state index in [1.54, 1.807) is 0 Å². The van der Waals surface area contributed by atoms with Crippen LogP contribution >= 0.6 is 0 Å². The first kappa shape index (κ1) is 13.1. The Labute approximate surface area is 116 Å². The summed E-state index contributed by atoms with van der Waals surface area (Å²) in [5.41, 5.74) is 9.39. The van der Waals surface area contributed by atoms with Gasteiger partial charge in [-0.3, -0.25) is 4.90 Å². The fraction of sp³-hybridized carbons (Fsp3) is 0.625. The zero-order chi connectivity index (χ0) is 13.3. The third-order valence-electron chi connectivity index (χ3n) is 5.13. The smallest absolute Gasteiger partial charge is 0.0363 e. The summed E-state index contributed by atoms with van der Waals surface area (Å²) in [6, 6.07) is 8.83. The Morgan fingerprint density at radius 2 is 1.68 bits per heavy atom. The number of fused-ring (bicyclic) bond motifs is 1. The normalized spacial score (nSPS) is 23.5. The van der Waals surface area contributed by atoms with Gasteiger partial charge in [-0.1, -0.05) is 31.2 Å². The molecule has 3 heteroatoms. The standard InChI is InChI=1S/C16H25N3/c1-2-18-9-7-16(13-17,8-10-18)19-11-14-5-3-4-6-15(14)12-19/h3-6H,2,7-13,17H2,1H3. The van der Waals surface area contributed by atoms with Gasteiger partial charge in [0.25, 0.3) is 0 Å². The van der Waals surface area contributed by atoms with Crippen molar-refractivity contribution >= 4 is 0 Å². The van der Waals surface area contributed by atoms with Crippen molar-refractivity contribution in [3.8, 4) is 0 Å². The predicted octanol–water partition coefficient (Wildman–Crippen LogP) is 1.82. The second-order valence-corrected chi connectivity index (χ2v) is 5.99. The monoisotopic (exact) mass is 259 g/mol. The molecular formula is C16H25N3. The minimum absolute atomic E-state index is 0.227. The molecule has 0 spiro atoms. The maximum absolute atomic E-state index is 6.18. The van der Waals surface area contributed by atoms with Crippen LogP contribution in [0, 0.1) is 0 Å². The van der Waals surface area contributed by atoms with Gasteiger partial charge in [0, 0.05) is 25.2 Å². The van der Waals surface area contributed by atoms with Gasteiger partial charge in [-0.25, -0.2) is 0 Å². The SMILES string of the molecule is CCN1CCC(CN)(N2Cc3ccccc3C2)CC1. The Bertz CT molecular complexity index is 410. The zero-order valence-corrected chi connectivity index (χ0v) is 11.9. The molecule has 0 atom stereocenters. The van der Waals surface area contributed by atoms with Crippen molar-refractivity contribution in [2.24, 2.45) is 5.73 Å². The third-order valence-corrected chi connectivity index (χ3v) is 5.13. The topological polar surface area (TPSA) is 32.5 Å². The summed E-state index contributed by atoms with van der Waals surface area (Å²) in [4.78, 5) is 5.17. The number of likely N-dealkylation sites (tertiary alicyclic amines) is 1. The van der Waals surface area contributed by atoms with E-state index in [9.17, 15) is 0 Å². The van der Waals surface area contributed by atoms with E-state index >= 15 is 0 Å². The highest BCUT2D eigenvalue weighted by Crippen LogP contribution is 2.35. The number of hydrogen-bond acceptors (Lipinski definition) is 3. The first-order chi connectivity index (χ1) is 9.27. The molecule has 1 fully saturated rings. The second-order valence-electron chi connectivity index (χ2n) is 5.99. The summed E-state index contributed by atoms with van der Waals surface area (Å²) in [6.45, 7) is 8.76. The van der Waals surface area contributed by atoms with Gasteiger partial charge in [0.1, 0.15) is 0 Å². The molecule has 0 amide bonds. The molecule has 0 aromatic heterocycles. The van der Waals surface area contributed by atoms with Crippen molar-refractivity contribution in [3.63, 3.8) is 0 Å².